The maximum absolute atomic E-state index is 12.1. The van der Waals surface area contributed by atoms with Gasteiger partial charge in [0.1, 0.15) is 0 Å². The van der Waals surface area contributed by atoms with E-state index in [0.29, 0.717) is 25.8 Å². The number of aromatic nitrogens is 2. The molecule has 0 radical (unpaired) electrons. The van der Waals surface area contributed by atoms with Crippen LogP contribution in [0, 0.1) is 11.8 Å². The van der Waals surface area contributed by atoms with Gasteiger partial charge in [-0.3, -0.25) is 14.3 Å². The van der Waals surface area contributed by atoms with Gasteiger partial charge in [-0.2, -0.15) is 5.10 Å². The van der Waals surface area contributed by atoms with Crippen LogP contribution in [0.15, 0.2) is 12.3 Å². The number of aryl methyl sites for hydroxylation is 1. The second-order valence-electron chi connectivity index (χ2n) is 5.36. The van der Waals surface area contributed by atoms with Crippen molar-refractivity contribution in [2.75, 3.05) is 6.54 Å². The van der Waals surface area contributed by atoms with Crippen molar-refractivity contribution >= 4 is 11.9 Å². The molecule has 0 saturated heterocycles. The highest BCUT2D eigenvalue weighted by molar-refractivity contribution is 5.84. The monoisotopic (exact) mass is 279 g/mol. The van der Waals surface area contributed by atoms with Crippen LogP contribution in [0.1, 0.15) is 31.4 Å². The third kappa shape index (κ3) is 3.59. The van der Waals surface area contributed by atoms with Crippen molar-refractivity contribution in [3.8, 4) is 0 Å². The molecule has 2 N–H and O–H groups in total. The van der Waals surface area contributed by atoms with E-state index in [0.717, 1.165) is 18.5 Å². The van der Waals surface area contributed by atoms with Crippen molar-refractivity contribution < 1.29 is 14.7 Å². The molecule has 0 aromatic carbocycles. The van der Waals surface area contributed by atoms with Gasteiger partial charge in [-0.15, -0.1) is 0 Å². The average molecular weight is 279 g/mol. The maximum atomic E-state index is 12.1. The summed E-state index contributed by atoms with van der Waals surface area (Å²) in [5, 5.41) is 16.2. The first-order valence-electron chi connectivity index (χ1n) is 7.07. The molecule has 1 saturated carbocycles. The number of nitrogens with one attached hydrogen (secondary N) is 1. The third-order valence-electron chi connectivity index (χ3n) is 3.87. The number of amides is 1. The van der Waals surface area contributed by atoms with E-state index in [1.54, 1.807) is 4.68 Å². The standard InChI is InChI=1S/C14H21N3O3/c1-17-9-7-10(16-17)6-8-15-13(18)11-4-2-3-5-12(11)14(19)20/h7,9,11-12H,2-6,8H2,1H3,(H,15,18)(H,19,20)/t11-,12+/m1/s1. The van der Waals surface area contributed by atoms with Crippen molar-refractivity contribution in [2.24, 2.45) is 18.9 Å². The molecule has 1 fully saturated rings. The molecule has 2 rings (SSSR count). The number of carbonyl (C=O) groups excluding carboxylic acids is 1. The minimum atomic E-state index is -0.852. The number of hydrogen-bond donors (Lipinski definition) is 2. The lowest BCUT2D eigenvalue weighted by Crippen LogP contribution is -2.40. The number of hydrogen-bond acceptors (Lipinski definition) is 3. The van der Waals surface area contributed by atoms with Crippen molar-refractivity contribution in [3.05, 3.63) is 18.0 Å². The Morgan fingerprint density at radius 1 is 1.40 bits per heavy atom. The molecule has 6 heteroatoms. The van der Waals surface area contributed by atoms with Crippen LogP contribution in [0.3, 0.4) is 0 Å². The molecule has 110 valence electrons. The number of rotatable bonds is 5. The van der Waals surface area contributed by atoms with E-state index in [1.807, 2.05) is 19.3 Å². The van der Waals surface area contributed by atoms with Crippen molar-refractivity contribution in [2.45, 2.75) is 32.1 Å². The van der Waals surface area contributed by atoms with Crippen molar-refractivity contribution in [1.29, 1.82) is 0 Å². The van der Waals surface area contributed by atoms with E-state index in [9.17, 15) is 14.7 Å². The van der Waals surface area contributed by atoms with E-state index >= 15 is 0 Å². The van der Waals surface area contributed by atoms with Crippen LogP contribution >= 0.6 is 0 Å². The normalized spacial score (nSPS) is 22.4. The van der Waals surface area contributed by atoms with Crippen LogP contribution in [0.5, 0.6) is 0 Å². The summed E-state index contributed by atoms with van der Waals surface area (Å²) in [5.41, 5.74) is 0.922. The Kier molecular flexibility index (Phi) is 4.76. The van der Waals surface area contributed by atoms with E-state index in [4.69, 9.17) is 0 Å². The highest BCUT2D eigenvalue weighted by Gasteiger charge is 2.35. The lowest BCUT2D eigenvalue weighted by Gasteiger charge is -2.27. The number of aliphatic carboxylic acids is 1. The average Bonchev–Trinajstić information content (AvgIpc) is 2.84. The van der Waals surface area contributed by atoms with E-state index in [2.05, 4.69) is 10.4 Å². The van der Waals surface area contributed by atoms with Crippen LogP contribution in [0.25, 0.3) is 0 Å². The predicted octanol–water partition coefficient (Wildman–Crippen LogP) is 0.970. The molecule has 6 nitrogen and oxygen atoms in total. The highest BCUT2D eigenvalue weighted by atomic mass is 16.4. The van der Waals surface area contributed by atoms with E-state index < -0.39 is 11.9 Å². The van der Waals surface area contributed by atoms with Gasteiger partial charge < -0.3 is 10.4 Å². The van der Waals surface area contributed by atoms with E-state index in [-0.39, 0.29) is 11.8 Å². The second kappa shape index (κ2) is 6.54. The van der Waals surface area contributed by atoms with Gasteiger partial charge in [-0.05, 0) is 18.9 Å². The Morgan fingerprint density at radius 2 is 2.10 bits per heavy atom. The topological polar surface area (TPSA) is 84.2 Å². The Morgan fingerprint density at radius 3 is 2.70 bits per heavy atom. The summed E-state index contributed by atoms with van der Waals surface area (Å²) in [5.74, 6) is -1.90. The van der Waals surface area contributed by atoms with E-state index in [1.165, 1.54) is 0 Å². The molecule has 1 amide bonds. The molecular weight excluding hydrogens is 258 g/mol. The summed E-state index contributed by atoms with van der Waals surface area (Å²) in [7, 11) is 1.85. The molecule has 0 aliphatic heterocycles. The fourth-order valence-corrected chi connectivity index (χ4v) is 2.78. The van der Waals surface area contributed by atoms with Gasteiger partial charge in [0, 0.05) is 26.2 Å². The molecule has 1 aromatic rings. The van der Waals surface area contributed by atoms with Gasteiger partial charge in [0.15, 0.2) is 0 Å². The quantitative estimate of drug-likeness (QED) is 0.841. The first-order chi connectivity index (χ1) is 9.58. The Labute approximate surface area is 118 Å². The number of nitrogens with zero attached hydrogens (tertiary/aromatic N) is 2. The fraction of sp³-hybridized carbons (Fsp3) is 0.643. The van der Waals surface area contributed by atoms with Gasteiger partial charge in [-0.25, -0.2) is 0 Å². The first kappa shape index (κ1) is 14.6. The Bertz CT molecular complexity index is 484. The number of carboxylic acids is 1. The van der Waals surface area contributed by atoms with Crippen molar-refractivity contribution in [1.82, 2.24) is 15.1 Å². The predicted molar refractivity (Wildman–Crippen MR) is 73.0 cm³/mol. The maximum Gasteiger partial charge on any atom is 0.307 e. The Balaban J connectivity index is 1.82. The highest BCUT2D eigenvalue weighted by Crippen LogP contribution is 2.30. The molecule has 0 bridgehead atoms. The molecule has 0 unspecified atom stereocenters. The van der Waals surface area contributed by atoms with Crippen LogP contribution in [-0.2, 0) is 23.1 Å². The van der Waals surface area contributed by atoms with Gasteiger partial charge in [0.25, 0.3) is 0 Å². The second-order valence-corrected chi connectivity index (χ2v) is 5.36. The zero-order valence-electron chi connectivity index (χ0n) is 11.7. The van der Waals surface area contributed by atoms with Crippen LogP contribution in [0.2, 0.25) is 0 Å². The summed E-state index contributed by atoms with van der Waals surface area (Å²) >= 11 is 0. The molecule has 20 heavy (non-hydrogen) atoms. The van der Waals surface area contributed by atoms with Gasteiger partial charge in [0.2, 0.25) is 5.91 Å². The SMILES string of the molecule is Cn1ccc(CCNC(=O)[C@@H]2CCCC[C@@H]2C(=O)O)n1. The first-order valence-corrected chi connectivity index (χ1v) is 7.07. The summed E-state index contributed by atoms with van der Waals surface area (Å²) in [4.78, 5) is 23.3. The summed E-state index contributed by atoms with van der Waals surface area (Å²) < 4.78 is 1.72. The van der Waals surface area contributed by atoms with Gasteiger partial charge in [-0.1, -0.05) is 12.8 Å². The lowest BCUT2D eigenvalue weighted by molar-refractivity contribution is -0.148. The summed E-state index contributed by atoms with van der Waals surface area (Å²) in [6, 6.07) is 1.91. The zero-order valence-corrected chi connectivity index (χ0v) is 11.7. The van der Waals surface area contributed by atoms with Gasteiger partial charge >= 0.3 is 5.97 Å². The molecule has 0 spiro atoms. The van der Waals surface area contributed by atoms with Crippen LogP contribution in [0.4, 0.5) is 0 Å². The lowest BCUT2D eigenvalue weighted by atomic mass is 9.78. The zero-order chi connectivity index (χ0) is 14.5. The van der Waals surface area contributed by atoms with Crippen LogP contribution in [-0.4, -0.2) is 33.3 Å². The molecule has 1 aliphatic carbocycles. The minimum Gasteiger partial charge on any atom is -0.481 e. The molecule has 1 aliphatic rings. The summed E-state index contributed by atoms with van der Waals surface area (Å²) in [6.07, 6.45) is 5.63. The van der Waals surface area contributed by atoms with Crippen molar-refractivity contribution in [3.63, 3.8) is 0 Å². The smallest absolute Gasteiger partial charge is 0.307 e. The number of carboxylic acid groups (broad SMARTS) is 1. The molecule has 1 heterocycles. The Hall–Kier alpha value is -1.85. The molecule has 1 aromatic heterocycles. The molecule has 2 atom stereocenters. The third-order valence-corrected chi connectivity index (χ3v) is 3.87. The minimum absolute atomic E-state index is 0.131. The largest absolute Gasteiger partial charge is 0.481 e. The fourth-order valence-electron chi connectivity index (χ4n) is 2.78. The van der Waals surface area contributed by atoms with Crippen LogP contribution < -0.4 is 5.32 Å². The van der Waals surface area contributed by atoms with Gasteiger partial charge in [0.05, 0.1) is 17.5 Å². The summed E-state index contributed by atoms with van der Waals surface area (Å²) in [6.45, 7) is 0.499. The molecular formula is C14H21N3O3. The number of carbonyl (C=O) groups is 2.